The minimum absolute atomic E-state index is 0.0430. The first-order chi connectivity index (χ1) is 55.5. The molecule has 0 aromatic carbocycles. The van der Waals surface area contributed by atoms with Crippen molar-refractivity contribution in [2.75, 3.05) is 132 Å². The highest BCUT2D eigenvalue weighted by atomic mass is 31.2. The number of aliphatic hydroxyl groups is 10. The van der Waals surface area contributed by atoms with Gasteiger partial charge in [0.15, 0.2) is 26.5 Å². The number of nitrogens with zero attached hydrogens (tertiary/aromatic N) is 1. The summed E-state index contributed by atoms with van der Waals surface area (Å²) < 4.78 is 69.0. The van der Waals surface area contributed by atoms with E-state index in [0.29, 0.717) is 77.0 Å². The number of amides is 8. The Morgan fingerprint density at radius 2 is 0.750 bits per heavy atom. The Bertz CT molecular complexity index is 2740. The van der Waals surface area contributed by atoms with Crippen LogP contribution in [0.4, 0.5) is 0 Å². The lowest BCUT2D eigenvalue weighted by molar-refractivity contribution is -0.282. The van der Waals surface area contributed by atoms with Gasteiger partial charge in [-0.3, -0.25) is 42.9 Å². The molecule has 4 rings (SSSR count). The normalized spacial score (nSPS) is 26.6. The Balaban J connectivity index is 1.28. The van der Waals surface area contributed by atoms with Crippen LogP contribution in [-0.4, -0.2) is 331 Å². The summed E-state index contributed by atoms with van der Waals surface area (Å²) in [6, 6.07) is -0.520. The summed E-state index contributed by atoms with van der Waals surface area (Å²) in [4.78, 5) is 115. The molecule has 0 bridgehead atoms. The van der Waals surface area contributed by atoms with E-state index in [1.165, 1.54) is 4.90 Å². The van der Waals surface area contributed by atoms with Gasteiger partial charge >= 0.3 is 0 Å². The number of likely N-dealkylation sites (tertiary alicyclic amines) is 1. The number of carbonyl (C=O) groups is 8. The van der Waals surface area contributed by atoms with E-state index >= 15 is 0 Å². The predicted octanol–water partition coefficient (Wildman–Crippen LogP) is -1.04. The fraction of sp³-hybridized carbons (Fsp3) is 0.883. The summed E-state index contributed by atoms with van der Waals surface area (Å²) in [7, 11) is -4.00. The summed E-state index contributed by atoms with van der Waals surface area (Å²) in [6.07, 6.45) is -1.48. The Kier molecular flexibility index (Phi) is 52.6. The molecule has 0 radical (unpaired) electrons. The Hall–Kier alpha value is -4.85. The van der Waals surface area contributed by atoms with E-state index in [0.717, 1.165) is 32.1 Å². The summed E-state index contributed by atoms with van der Waals surface area (Å²) >= 11 is 0. The number of ether oxygens (including phenoxy) is 9. The van der Waals surface area contributed by atoms with Crippen molar-refractivity contribution in [1.82, 2.24) is 42.1 Å². The molecule has 39 heteroatoms. The maximum Gasteiger partial charge on any atom is 0.222 e. The van der Waals surface area contributed by atoms with E-state index in [-0.39, 0.29) is 223 Å². The van der Waals surface area contributed by atoms with Gasteiger partial charge in [0.2, 0.25) is 47.3 Å². The number of carbonyl (C=O) groups excluding carboxylic acids is 8. The van der Waals surface area contributed by atoms with Gasteiger partial charge in [-0.15, -0.1) is 0 Å². The van der Waals surface area contributed by atoms with Gasteiger partial charge in [-0.05, 0) is 77.0 Å². The zero-order valence-electron chi connectivity index (χ0n) is 68.3. The molecular weight excluding hydrogens is 1550 g/mol. The lowest BCUT2D eigenvalue weighted by atomic mass is 9.92. The third-order valence-electron chi connectivity index (χ3n) is 20.7. The van der Waals surface area contributed by atoms with Crippen LogP contribution in [0.15, 0.2) is 0 Å². The fourth-order valence-electron chi connectivity index (χ4n) is 13.5. The summed E-state index contributed by atoms with van der Waals surface area (Å²) in [5.74, 6) is -3.72. The lowest BCUT2D eigenvalue weighted by Gasteiger charge is -2.40. The molecule has 4 saturated heterocycles. The molecular formula is C77H140N8O30P-. The van der Waals surface area contributed by atoms with Gasteiger partial charge in [-0.2, -0.15) is 0 Å². The number of hydrogen-bond acceptors (Lipinski definition) is 29. The van der Waals surface area contributed by atoms with E-state index < -0.39 is 137 Å². The molecule has 4 heterocycles. The average Bonchev–Trinajstić information content (AvgIpc) is 1.08. The molecule has 18 atom stereocenters. The molecule has 4 fully saturated rings. The molecule has 116 heavy (non-hydrogen) atoms. The molecule has 38 nitrogen and oxygen atoms in total. The van der Waals surface area contributed by atoms with Crippen molar-refractivity contribution in [2.45, 2.75) is 286 Å². The second-order valence-corrected chi connectivity index (χ2v) is 32.4. The minimum Gasteiger partial charge on any atom is -0.394 e. The molecule has 0 aliphatic carbocycles. The van der Waals surface area contributed by atoms with E-state index in [1.54, 1.807) is 20.8 Å². The zero-order chi connectivity index (χ0) is 85.3. The quantitative estimate of drug-likeness (QED) is 0.0196. The molecule has 16 unspecified atom stereocenters. The number of β-amino-alcohol motifs (C(OH)–C–C–N with tert-alkyl or cyclic N) is 1. The van der Waals surface area contributed by atoms with Crippen LogP contribution in [0.1, 0.15) is 194 Å². The topological polar surface area (TPSA) is 556 Å². The third kappa shape index (κ3) is 42.6. The van der Waals surface area contributed by atoms with Crippen LogP contribution in [0.25, 0.3) is 0 Å². The van der Waals surface area contributed by atoms with Gasteiger partial charge in [-0.25, -0.2) is 6.66 Å². The van der Waals surface area contributed by atoms with Crippen molar-refractivity contribution in [1.29, 1.82) is 0 Å². The Labute approximate surface area is 682 Å². The standard InChI is InChI=1S/C77H140N8O30P/c1-52-57(90)43-58(91)59(45-86)113-74(52)109-36-16-13-22-62(92)78-30-19-33-81-65(95)27-39-106-49-77(84-68(98)25-11-9-7-5-6-8-10-12-26-69(99)85-44-56(89)42-55(85)48-112-116(4,104)105,50-107-40-28-66(96)82-34-20-31-79-63(93)23-14-17-37-110-75-53(2)70(100)72(102)60(46-87)114-75)51-108-41-29-67(97)83-35-21-32-80-64(94)24-15-18-38-111-76-54(3)71(101)73(103)61(47-88)115-76/h52-61,70-76,86-91,100-103H,4-51H2,1-3H3,(H,78,92)(H,79,93)(H,80,94)(H,81,95)(H,82,96)(H,83,97)(H,84,98)(H,104,105)/q-1/t52?,53?,54?,55-,56+,57?,58?,59?,60?,61?,70?,71?,72?,73?,74?,75?,76?,77?/m0/s1. The maximum atomic E-state index is 14.0. The minimum atomic E-state index is -4.00. The molecule has 4 aliphatic rings. The highest BCUT2D eigenvalue weighted by molar-refractivity contribution is 7.54. The molecule has 4 aliphatic heterocycles. The van der Waals surface area contributed by atoms with E-state index in [1.807, 2.05) is 0 Å². The van der Waals surface area contributed by atoms with Crippen LogP contribution < -0.4 is 37.2 Å². The molecule has 0 aromatic rings. The van der Waals surface area contributed by atoms with Crippen LogP contribution in [0.3, 0.4) is 0 Å². The predicted molar refractivity (Wildman–Crippen MR) is 417 cm³/mol. The Morgan fingerprint density at radius 3 is 1.13 bits per heavy atom. The number of rotatable bonds is 63. The smallest absolute Gasteiger partial charge is 0.222 e. The average molecular weight is 1690 g/mol. The van der Waals surface area contributed by atoms with Crippen molar-refractivity contribution in [3.8, 4) is 0 Å². The van der Waals surface area contributed by atoms with Gasteiger partial charge < -0.3 is 145 Å². The van der Waals surface area contributed by atoms with Crippen LogP contribution in [0, 0.1) is 24.4 Å². The van der Waals surface area contributed by atoms with Gasteiger partial charge in [0.25, 0.3) is 0 Å². The number of aliphatic hydroxyl groups excluding tert-OH is 10. The second-order valence-electron chi connectivity index (χ2n) is 30.8. The van der Waals surface area contributed by atoms with Gasteiger partial charge in [0.1, 0.15) is 36.1 Å². The third-order valence-corrected chi connectivity index (χ3v) is 21.3. The molecule has 0 saturated carbocycles. The molecule has 0 aromatic heterocycles. The first kappa shape index (κ1) is 103. The van der Waals surface area contributed by atoms with Gasteiger partial charge in [-0.1, -0.05) is 59.3 Å². The van der Waals surface area contributed by atoms with Gasteiger partial charge in [0.05, 0.1) is 103 Å². The van der Waals surface area contributed by atoms with Crippen molar-refractivity contribution >= 4 is 54.9 Å². The van der Waals surface area contributed by atoms with Crippen LogP contribution in [-0.2, 0) is 90.1 Å². The summed E-state index contributed by atoms with van der Waals surface area (Å²) in [6.45, 7) is 7.87. The monoisotopic (exact) mass is 1690 g/mol. The summed E-state index contributed by atoms with van der Waals surface area (Å²) in [5, 5.41) is 120. The largest absolute Gasteiger partial charge is 0.394 e. The van der Waals surface area contributed by atoms with Crippen LogP contribution >= 0.6 is 7.60 Å². The first-order valence-electron chi connectivity index (χ1n) is 41.7. The SMILES string of the molecule is [CH2-]P(=O)(O)OC[C@@H]1C[C@@H](O)CN1C(=O)CCCCCCCCCCC(=O)NC(COCCC(=O)NCCCNC(=O)CCCCOC1OC(CO)C(O)CC(O)C1C)(COCCC(=O)NCCCNC(=O)CCCCOC1OC(CO)C(O)C(O)C1C)COCCC(=O)NCCCNC(=O)CCCCOC1OC(CO)C(O)C(O)C1C. The molecule has 0 spiro atoms. The summed E-state index contributed by atoms with van der Waals surface area (Å²) in [5.41, 5.74) is -1.41. The number of unbranched alkanes of at least 4 members (excludes halogenated alkanes) is 10. The highest BCUT2D eigenvalue weighted by Crippen LogP contribution is 2.40. The molecule has 18 N–H and O–H groups in total. The van der Waals surface area contributed by atoms with Crippen molar-refractivity contribution in [2.24, 2.45) is 17.8 Å². The number of hydrogen-bond donors (Lipinski definition) is 18. The zero-order valence-corrected chi connectivity index (χ0v) is 69.2. The van der Waals surface area contributed by atoms with Crippen molar-refractivity contribution in [3.63, 3.8) is 0 Å². The van der Waals surface area contributed by atoms with Gasteiger partial charge in [0, 0.05) is 141 Å². The van der Waals surface area contributed by atoms with Crippen molar-refractivity contribution in [3.05, 3.63) is 6.66 Å². The van der Waals surface area contributed by atoms with Crippen LogP contribution in [0.5, 0.6) is 0 Å². The highest BCUT2D eigenvalue weighted by Gasteiger charge is 2.45. The lowest BCUT2D eigenvalue weighted by Crippen LogP contribution is -2.58. The van der Waals surface area contributed by atoms with E-state index in [9.17, 15) is 98.9 Å². The van der Waals surface area contributed by atoms with Crippen LogP contribution in [0.2, 0.25) is 0 Å². The fourth-order valence-corrected chi connectivity index (χ4v) is 13.9. The molecule has 8 amide bonds. The second kappa shape index (κ2) is 59.0. The Morgan fingerprint density at radius 1 is 0.414 bits per heavy atom. The number of nitrogens with one attached hydrogen (secondary N) is 7. The van der Waals surface area contributed by atoms with E-state index in [2.05, 4.69) is 43.9 Å². The first-order valence-corrected chi connectivity index (χ1v) is 43.4. The van der Waals surface area contributed by atoms with Crippen molar-refractivity contribution < 1.29 is 146 Å². The van der Waals surface area contributed by atoms with E-state index in [4.69, 9.17) is 47.2 Å². The molecule has 674 valence electrons. The maximum absolute atomic E-state index is 14.0.